The highest BCUT2D eigenvalue weighted by atomic mass is 15.0. The molecule has 0 spiro atoms. The van der Waals surface area contributed by atoms with Crippen molar-refractivity contribution in [2.75, 3.05) is 5.32 Å². The Hall–Kier alpha value is -5.86. The van der Waals surface area contributed by atoms with Crippen LogP contribution in [0.15, 0.2) is 182 Å². The van der Waals surface area contributed by atoms with Gasteiger partial charge in [-0.15, -0.1) is 0 Å². The minimum atomic E-state index is 1.05. The fourth-order valence-electron chi connectivity index (χ4n) is 5.73. The molecule has 1 heterocycles. The number of hydrogen-bond donors (Lipinski definition) is 1. The first-order valence-corrected chi connectivity index (χ1v) is 14.9. The van der Waals surface area contributed by atoms with Crippen LogP contribution >= 0.6 is 0 Å². The maximum absolute atomic E-state index is 3.40. The van der Waals surface area contributed by atoms with Crippen molar-refractivity contribution in [2.45, 2.75) is 0 Å². The molecule has 0 bridgehead atoms. The highest BCUT2D eigenvalue weighted by Gasteiger charge is 2.13. The van der Waals surface area contributed by atoms with Gasteiger partial charge < -0.3 is 9.88 Å². The van der Waals surface area contributed by atoms with Crippen molar-refractivity contribution in [1.82, 2.24) is 4.57 Å². The molecule has 0 aliphatic heterocycles. The lowest BCUT2D eigenvalue weighted by Crippen LogP contribution is -1.92. The Balaban J connectivity index is 1.12. The van der Waals surface area contributed by atoms with Gasteiger partial charge in [-0.2, -0.15) is 0 Å². The zero-order valence-electron chi connectivity index (χ0n) is 24.3. The lowest BCUT2D eigenvalue weighted by molar-refractivity contribution is 1.18. The van der Waals surface area contributed by atoms with Gasteiger partial charge >= 0.3 is 0 Å². The molecule has 210 valence electrons. The van der Waals surface area contributed by atoms with Crippen LogP contribution in [0.25, 0.3) is 55.8 Å². The maximum Gasteiger partial charge on any atom is 0.0541 e. The molecule has 2 nitrogen and oxygen atoms in total. The Labute approximate surface area is 258 Å². The van der Waals surface area contributed by atoms with E-state index in [0.717, 1.165) is 5.69 Å². The van der Waals surface area contributed by atoms with Crippen molar-refractivity contribution in [1.29, 1.82) is 0 Å². The van der Waals surface area contributed by atoms with E-state index < -0.39 is 0 Å². The van der Waals surface area contributed by atoms with Gasteiger partial charge in [-0.1, -0.05) is 127 Å². The summed E-state index contributed by atoms with van der Waals surface area (Å²) in [6.07, 6.45) is 12.2. The molecule has 6 aromatic carbocycles. The van der Waals surface area contributed by atoms with E-state index >= 15 is 0 Å². The third kappa shape index (κ3) is 5.74. The normalized spacial score (nSPS) is 11.8. The summed E-state index contributed by atoms with van der Waals surface area (Å²) in [4.78, 5) is 0. The van der Waals surface area contributed by atoms with Crippen molar-refractivity contribution in [3.63, 3.8) is 0 Å². The number of aromatic nitrogens is 1. The number of nitrogens with zero attached hydrogens (tertiary/aromatic N) is 1. The summed E-state index contributed by atoms with van der Waals surface area (Å²) >= 11 is 0. The van der Waals surface area contributed by atoms with E-state index in [0.29, 0.717) is 0 Å². The number of allylic oxidation sites excluding steroid dienone is 4. The second kappa shape index (κ2) is 12.6. The molecule has 0 fully saturated rings. The predicted molar refractivity (Wildman–Crippen MR) is 189 cm³/mol. The summed E-state index contributed by atoms with van der Waals surface area (Å²) < 4.78 is 2.36. The summed E-state index contributed by atoms with van der Waals surface area (Å²) in [6, 6.07) is 53.8. The Morgan fingerprint density at radius 3 is 1.89 bits per heavy atom. The minimum Gasteiger partial charge on any atom is -0.362 e. The molecule has 0 unspecified atom stereocenters. The summed E-state index contributed by atoms with van der Waals surface area (Å²) in [5.41, 5.74) is 10.6. The molecule has 7 aromatic rings. The number of benzene rings is 6. The average Bonchev–Trinajstić information content (AvgIpc) is 3.43. The second-order valence-electron chi connectivity index (χ2n) is 10.7. The van der Waals surface area contributed by atoms with Gasteiger partial charge in [0, 0.05) is 28.3 Å². The third-order valence-corrected chi connectivity index (χ3v) is 7.85. The number of nitrogens with one attached hydrogen (secondary N) is 1. The van der Waals surface area contributed by atoms with E-state index in [9.17, 15) is 0 Å². The summed E-state index contributed by atoms with van der Waals surface area (Å²) in [5.74, 6) is 0. The van der Waals surface area contributed by atoms with Crippen LogP contribution in [-0.2, 0) is 0 Å². The van der Waals surface area contributed by atoms with Gasteiger partial charge in [0.2, 0.25) is 0 Å². The first-order chi connectivity index (χ1) is 21.8. The quantitative estimate of drug-likeness (QED) is 0.182. The smallest absolute Gasteiger partial charge is 0.0541 e. The molecule has 1 N–H and O–H groups in total. The monoisotopic (exact) mass is 564 g/mol. The Kier molecular flexibility index (Phi) is 7.71. The van der Waals surface area contributed by atoms with E-state index in [4.69, 9.17) is 0 Å². The summed E-state index contributed by atoms with van der Waals surface area (Å²) in [5, 5.41) is 5.93. The van der Waals surface area contributed by atoms with Gasteiger partial charge in [0.15, 0.2) is 0 Å². The topological polar surface area (TPSA) is 17.0 Å². The van der Waals surface area contributed by atoms with Crippen molar-refractivity contribution >= 4 is 33.6 Å². The Morgan fingerprint density at radius 1 is 0.432 bits per heavy atom. The Bertz CT molecular complexity index is 2130. The van der Waals surface area contributed by atoms with Gasteiger partial charge in [-0.25, -0.2) is 0 Å². The maximum atomic E-state index is 3.40. The van der Waals surface area contributed by atoms with Crippen LogP contribution in [-0.4, -0.2) is 4.57 Å². The Morgan fingerprint density at radius 2 is 1.07 bits per heavy atom. The average molecular weight is 565 g/mol. The lowest BCUT2D eigenvalue weighted by atomic mass is 9.97. The molecular weight excluding hydrogens is 532 g/mol. The fourth-order valence-corrected chi connectivity index (χ4v) is 5.73. The number of fused-ring (bicyclic) bond motifs is 3. The van der Waals surface area contributed by atoms with Gasteiger partial charge in [0.1, 0.15) is 0 Å². The minimum absolute atomic E-state index is 1.05. The summed E-state index contributed by atoms with van der Waals surface area (Å²) in [6.45, 7) is 0. The zero-order valence-corrected chi connectivity index (χ0v) is 24.3. The van der Waals surface area contributed by atoms with Crippen LogP contribution in [0.2, 0.25) is 0 Å². The SMILES string of the molecule is C(/C=C\c1ccccc1)=C/C=C/Nc1cccc(-c2cccc(-c3ccc4c(c3)c3ccccc3n4-c3ccccc3)c2)c1. The molecule has 0 amide bonds. The van der Waals surface area contributed by atoms with Crippen molar-refractivity contribution in [2.24, 2.45) is 0 Å². The van der Waals surface area contributed by atoms with Crippen molar-refractivity contribution in [3.8, 4) is 27.9 Å². The highest BCUT2D eigenvalue weighted by molar-refractivity contribution is 6.10. The molecule has 0 saturated carbocycles. The standard InChI is InChI=1S/C42H32N2/c1(5-15-32-16-6-3-7-17-32)2-12-28-43-37-21-14-20-35(30-37)33-18-13-19-34(29-33)36-26-27-42-40(31-36)39-24-10-11-25-41(39)44(42)38-22-8-4-9-23-38/h1-31,43H/b2-1-,15-5-,28-12+. The molecule has 0 saturated heterocycles. The molecule has 0 radical (unpaired) electrons. The first kappa shape index (κ1) is 27.0. The molecule has 44 heavy (non-hydrogen) atoms. The number of rotatable bonds is 8. The zero-order chi connectivity index (χ0) is 29.6. The molecule has 0 atom stereocenters. The van der Waals surface area contributed by atoms with E-state index in [1.54, 1.807) is 0 Å². The van der Waals surface area contributed by atoms with Crippen LogP contribution in [0.1, 0.15) is 5.56 Å². The molecule has 1 aromatic heterocycles. The van der Waals surface area contributed by atoms with Gasteiger partial charge in [0.25, 0.3) is 0 Å². The van der Waals surface area contributed by atoms with Crippen LogP contribution in [0.3, 0.4) is 0 Å². The van der Waals surface area contributed by atoms with E-state index in [-0.39, 0.29) is 0 Å². The van der Waals surface area contributed by atoms with Gasteiger partial charge in [-0.3, -0.25) is 0 Å². The van der Waals surface area contributed by atoms with Crippen LogP contribution in [0, 0.1) is 0 Å². The highest BCUT2D eigenvalue weighted by Crippen LogP contribution is 2.35. The largest absolute Gasteiger partial charge is 0.362 e. The number of hydrogen-bond acceptors (Lipinski definition) is 1. The van der Waals surface area contributed by atoms with Gasteiger partial charge in [0.05, 0.1) is 11.0 Å². The van der Waals surface area contributed by atoms with Crippen LogP contribution in [0.4, 0.5) is 5.69 Å². The molecule has 7 rings (SSSR count). The van der Waals surface area contributed by atoms with Gasteiger partial charge in [-0.05, 0) is 82.4 Å². The molecule has 2 heteroatoms. The number of anilines is 1. The summed E-state index contributed by atoms with van der Waals surface area (Å²) in [7, 11) is 0. The predicted octanol–water partition coefficient (Wildman–Crippen LogP) is 11.3. The molecule has 0 aliphatic carbocycles. The van der Waals surface area contributed by atoms with E-state index in [1.807, 2.05) is 48.7 Å². The first-order valence-electron chi connectivity index (χ1n) is 14.9. The van der Waals surface area contributed by atoms with E-state index in [2.05, 4.69) is 149 Å². The van der Waals surface area contributed by atoms with Crippen molar-refractivity contribution < 1.29 is 0 Å². The third-order valence-electron chi connectivity index (χ3n) is 7.85. The molecular formula is C42H32N2. The molecule has 0 aliphatic rings. The van der Waals surface area contributed by atoms with Crippen LogP contribution in [0.5, 0.6) is 0 Å². The van der Waals surface area contributed by atoms with Crippen molar-refractivity contribution in [3.05, 3.63) is 188 Å². The van der Waals surface area contributed by atoms with Crippen LogP contribution < -0.4 is 5.32 Å². The van der Waals surface area contributed by atoms with E-state index in [1.165, 1.54) is 55.3 Å². The fraction of sp³-hybridized carbons (Fsp3) is 0. The number of para-hydroxylation sites is 2. The second-order valence-corrected chi connectivity index (χ2v) is 10.7. The lowest BCUT2D eigenvalue weighted by Gasteiger charge is -2.10.